The predicted molar refractivity (Wildman–Crippen MR) is 175 cm³/mol. The molecule has 4 aromatic carbocycles. The molecule has 1 heterocycles. The van der Waals surface area contributed by atoms with Gasteiger partial charge >= 0.3 is 5.97 Å². The number of rotatable bonds is 11. The molecule has 0 spiro atoms. The molecule has 0 radical (unpaired) electrons. The summed E-state index contributed by atoms with van der Waals surface area (Å²) in [6.45, 7) is 8.58. The van der Waals surface area contributed by atoms with E-state index in [2.05, 4.69) is 18.9 Å². The number of benzene rings is 4. The maximum absolute atomic E-state index is 13.8. The van der Waals surface area contributed by atoms with Gasteiger partial charge in [-0.3, -0.25) is 4.79 Å². The predicted octanol–water partition coefficient (Wildman–Crippen LogP) is 7.06. The van der Waals surface area contributed by atoms with Gasteiger partial charge in [-0.2, -0.15) is 9.78 Å². The van der Waals surface area contributed by atoms with Gasteiger partial charge in [-0.1, -0.05) is 38.1 Å². The smallest absolute Gasteiger partial charge is 0.335 e. The maximum Gasteiger partial charge on any atom is 0.335 e. The zero-order valence-electron chi connectivity index (χ0n) is 25.9. The Balaban J connectivity index is 1.54. The molecule has 5 rings (SSSR count). The van der Waals surface area contributed by atoms with Gasteiger partial charge in [0.25, 0.3) is 5.56 Å². The number of para-hydroxylation sites is 1. The molecule has 1 aromatic heterocycles. The van der Waals surface area contributed by atoms with Crippen molar-refractivity contribution < 1.29 is 24.1 Å². The Labute approximate surface area is 261 Å². The van der Waals surface area contributed by atoms with E-state index in [1.165, 1.54) is 10.7 Å². The highest BCUT2D eigenvalue weighted by molar-refractivity contribution is 5.87. The fourth-order valence-corrected chi connectivity index (χ4v) is 5.04. The summed E-state index contributed by atoms with van der Waals surface area (Å²) in [4.78, 5) is 30.0. The number of ether oxygens (including phenoxy) is 3. The van der Waals surface area contributed by atoms with Crippen LogP contribution >= 0.6 is 0 Å². The molecule has 0 aliphatic rings. The monoisotopic (exact) mass is 605 g/mol. The van der Waals surface area contributed by atoms with Gasteiger partial charge in [-0.05, 0) is 96.6 Å². The summed E-state index contributed by atoms with van der Waals surface area (Å²) in [5, 5.41) is 14.4. The van der Waals surface area contributed by atoms with Gasteiger partial charge in [-0.15, -0.1) is 0 Å². The Morgan fingerprint density at radius 1 is 0.978 bits per heavy atom. The SMILES string of the molecule is CCOc1cc(C=Nn2c(-c3cc(C(C)C)c(OC)cc3C)nc3ccccc3c2=O)ccc1OCc1cccc(C(=O)O)c1. The van der Waals surface area contributed by atoms with Crippen molar-refractivity contribution in [2.24, 2.45) is 5.10 Å². The van der Waals surface area contributed by atoms with Gasteiger partial charge in [0.1, 0.15) is 12.4 Å². The number of hydrogen-bond acceptors (Lipinski definition) is 7. The minimum absolute atomic E-state index is 0.162. The first-order valence-electron chi connectivity index (χ1n) is 14.7. The van der Waals surface area contributed by atoms with Crippen molar-refractivity contribution in [3.8, 4) is 28.6 Å². The van der Waals surface area contributed by atoms with Crippen LogP contribution in [0.5, 0.6) is 17.2 Å². The fraction of sp³-hybridized carbons (Fsp3) is 0.222. The summed E-state index contributed by atoms with van der Waals surface area (Å²) in [5.41, 5.74) is 4.56. The molecule has 0 saturated carbocycles. The summed E-state index contributed by atoms with van der Waals surface area (Å²) in [7, 11) is 1.65. The third-order valence-corrected chi connectivity index (χ3v) is 7.35. The Hall–Kier alpha value is -5.44. The molecule has 0 amide bonds. The molecule has 45 heavy (non-hydrogen) atoms. The molecule has 9 nitrogen and oxygen atoms in total. The molecule has 0 aliphatic carbocycles. The molecule has 9 heteroatoms. The number of carbonyl (C=O) groups is 1. The van der Waals surface area contributed by atoms with Crippen LogP contribution in [-0.2, 0) is 6.61 Å². The summed E-state index contributed by atoms with van der Waals surface area (Å²) < 4.78 is 18.8. The van der Waals surface area contributed by atoms with E-state index >= 15 is 0 Å². The van der Waals surface area contributed by atoms with Gasteiger partial charge in [0.05, 0.1) is 36.4 Å². The molecule has 0 bridgehead atoms. The zero-order valence-corrected chi connectivity index (χ0v) is 25.9. The minimum atomic E-state index is -0.998. The summed E-state index contributed by atoms with van der Waals surface area (Å²) in [6, 6.07) is 23.2. The van der Waals surface area contributed by atoms with E-state index in [1.54, 1.807) is 55.8 Å². The van der Waals surface area contributed by atoms with Gasteiger partial charge in [-0.25, -0.2) is 9.78 Å². The van der Waals surface area contributed by atoms with Crippen molar-refractivity contribution in [1.82, 2.24) is 9.66 Å². The lowest BCUT2D eigenvalue weighted by atomic mass is 9.96. The fourth-order valence-electron chi connectivity index (χ4n) is 5.04. The van der Waals surface area contributed by atoms with E-state index in [0.29, 0.717) is 46.0 Å². The highest BCUT2D eigenvalue weighted by atomic mass is 16.5. The van der Waals surface area contributed by atoms with Crippen LogP contribution in [0.3, 0.4) is 0 Å². The zero-order chi connectivity index (χ0) is 32.1. The number of nitrogens with zero attached hydrogens (tertiary/aromatic N) is 3. The number of carboxylic acids is 1. The second-order valence-corrected chi connectivity index (χ2v) is 10.8. The molecule has 0 aliphatic heterocycles. The third kappa shape index (κ3) is 6.72. The average Bonchev–Trinajstić information content (AvgIpc) is 3.03. The lowest BCUT2D eigenvalue weighted by molar-refractivity contribution is 0.0696. The quantitative estimate of drug-likeness (QED) is 0.160. The first-order valence-corrected chi connectivity index (χ1v) is 14.7. The number of aryl methyl sites for hydroxylation is 1. The molecule has 5 aromatic rings. The largest absolute Gasteiger partial charge is 0.496 e. The van der Waals surface area contributed by atoms with Crippen molar-refractivity contribution in [3.05, 3.63) is 117 Å². The highest BCUT2D eigenvalue weighted by Crippen LogP contribution is 2.34. The van der Waals surface area contributed by atoms with Crippen LogP contribution in [0.4, 0.5) is 0 Å². The number of methoxy groups -OCH3 is 1. The van der Waals surface area contributed by atoms with Crippen LogP contribution in [-0.4, -0.2) is 40.7 Å². The van der Waals surface area contributed by atoms with Crippen LogP contribution in [0, 0.1) is 6.92 Å². The Morgan fingerprint density at radius 3 is 2.51 bits per heavy atom. The van der Waals surface area contributed by atoms with E-state index in [1.807, 2.05) is 44.2 Å². The van der Waals surface area contributed by atoms with E-state index in [0.717, 1.165) is 22.4 Å². The molecule has 0 saturated heterocycles. The third-order valence-electron chi connectivity index (χ3n) is 7.35. The molecular weight excluding hydrogens is 570 g/mol. The molecule has 0 atom stereocenters. The summed E-state index contributed by atoms with van der Waals surface area (Å²) >= 11 is 0. The number of aromatic carboxylic acids is 1. The summed E-state index contributed by atoms with van der Waals surface area (Å²) in [6.07, 6.45) is 1.59. The van der Waals surface area contributed by atoms with E-state index in [4.69, 9.17) is 19.2 Å². The average molecular weight is 606 g/mol. The topological polar surface area (TPSA) is 112 Å². The number of aromatic nitrogens is 2. The molecular formula is C36H35N3O6. The normalized spacial score (nSPS) is 11.3. The van der Waals surface area contributed by atoms with E-state index < -0.39 is 5.97 Å². The maximum atomic E-state index is 13.8. The highest BCUT2D eigenvalue weighted by Gasteiger charge is 2.18. The summed E-state index contributed by atoms with van der Waals surface area (Å²) in [5.74, 6) is 1.38. The molecule has 0 fully saturated rings. The van der Waals surface area contributed by atoms with E-state index in [-0.39, 0.29) is 23.6 Å². The van der Waals surface area contributed by atoms with Crippen LogP contribution in [0.2, 0.25) is 0 Å². The number of carboxylic acid groups (broad SMARTS) is 1. The van der Waals surface area contributed by atoms with Gasteiger partial charge < -0.3 is 19.3 Å². The van der Waals surface area contributed by atoms with Crippen molar-refractivity contribution in [2.45, 2.75) is 40.2 Å². The van der Waals surface area contributed by atoms with Crippen molar-refractivity contribution in [1.29, 1.82) is 0 Å². The minimum Gasteiger partial charge on any atom is -0.496 e. The first-order chi connectivity index (χ1) is 21.7. The van der Waals surface area contributed by atoms with Crippen LogP contribution in [0.15, 0.2) is 88.8 Å². The van der Waals surface area contributed by atoms with Crippen molar-refractivity contribution >= 4 is 23.1 Å². The van der Waals surface area contributed by atoms with Gasteiger partial charge in [0.2, 0.25) is 0 Å². The van der Waals surface area contributed by atoms with Crippen molar-refractivity contribution in [3.63, 3.8) is 0 Å². The van der Waals surface area contributed by atoms with Crippen LogP contribution in [0.1, 0.15) is 59.3 Å². The number of fused-ring (bicyclic) bond motifs is 1. The second-order valence-electron chi connectivity index (χ2n) is 10.8. The molecule has 0 unspecified atom stereocenters. The van der Waals surface area contributed by atoms with Gasteiger partial charge in [0.15, 0.2) is 17.3 Å². The first kappa shape index (κ1) is 31.0. The van der Waals surface area contributed by atoms with Crippen LogP contribution in [0.25, 0.3) is 22.3 Å². The van der Waals surface area contributed by atoms with Crippen molar-refractivity contribution in [2.75, 3.05) is 13.7 Å². The Bertz CT molecular complexity index is 1960. The number of hydrogen-bond donors (Lipinski definition) is 1. The Morgan fingerprint density at radius 2 is 1.78 bits per heavy atom. The van der Waals surface area contributed by atoms with E-state index in [9.17, 15) is 14.7 Å². The molecule has 230 valence electrons. The Kier molecular flexibility index (Phi) is 9.28. The second kappa shape index (κ2) is 13.5. The molecule has 1 N–H and O–H groups in total. The van der Waals surface area contributed by atoms with Gasteiger partial charge in [0, 0.05) is 5.56 Å². The van der Waals surface area contributed by atoms with Crippen LogP contribution < -0.4 is 19.8 Å². The standard InChI is InChI=1S/C36H35N3O6/c1-6-44-33-18-24(14-15-31(33)45-21-25-10-9-11-26(17-25)36(41)42)20-37-39-34(38-30-13-8-7-12-27(30)35(39)40)29-19-28(22(2)3)32(43-5)16-23(29)4/h7-20,22H,6,21H2,1-5H3,(H,41,42). The lowest BCUT2D eigenvalue weighted by Gasteiger charge is -2.17. The lowest BCUT2D eigenvalue weighted by Crippen LogP contribution is -2.20.